The minimum atomic E-state index is 0.248. The smallest absolute Gasteiger partial charge is 0.0936 e. The number of ether oxygens (including phenoxy) is 2. The van der Waals surface area contributed by atoms with E-state index in [0.29, 0.717) is 18.0 Å². The quantitative estimate of drug-likeness (QED) is 0.746. The predicted molar refractivity (Wildman–Crippen MR) is 63.4 cm³/mol. The Balaban J connectivity index is 1.84. The summed E-state index contributed by atoms with van der Waals surface area (Å²) >= 11 is 0. The predicted octanol–water partition coefficient (Wildman–Crippen LogP) is 0.459. The molecule has 0 bridgehead atoms. The largest absolute Gasteiger partial charge is 0.376 e. The SMILES string of the molecule is CC1C(N)CCN(CC2COCCO2)C1C. The van der Waals surface area contributed by atoms with Crippen molar-refractivity contribution in [2.45, 2.75) is 38.5 Å². The standard InChI is InChI=1S/C12H24N2O2/c1-9-10(2)14(4-3-12(9)13)7-11-8-15-5-6-16-11/h9-12H,3-8,13H2,1-2H3. The number of rotatable bonds is 2. The second-order valence-electron chi connectivity index (χ2n) is 5.11. The van der Waals surface area contributed by atoms with Gasteiger partial charge in [-0.1, -0.05) is 6.92 Å². The fourth-order valence-electron chi connectivity index (χ4n) is 2.63. The monoisotopic (exact) mass is 228 g/mol. The van der Waals surface area contributed by atoms with E-state index in [1.165, 1.54) is 0 Å². The number of piperidine rings is 1. The molecule has 0 aromatic rings. The van der Waals surface area contributed by atoms with Crippen molar-refractivity contribution in [3.8, 4) is 0 Å². The molecule has 2 heterocycles. The van der Waals surface area contributed by atoms with Gasteiger partial charge in [0.1, 0.15) is 0 Å². The average Bonchev–Trinajstić information content (AvgIpc) is 2.31. The first-order valence-electron chi connectivity index (χ1n) is 6.37. The Hall–Kier alpha value is -0.160. The third kappa shape index (κ3) is 2.74. The average molecular weight is 228 g/mol. The van der Waals surface area contributed by atoms with E-state index in [1.54, 1.807) is 0 Å². The van der Waals surface area contributed by atoms with E-state index < -0.39 is 0 Å². The molecule has 0 aliphatic carbocycles. The molecule has 0 aromatic heterocycles. The molecule has 4 unspecified atom stereocenters. The number of nitrogens with zero attached hydrogens (tertiary/aromatic N) is 1. The molecule has 0 aromatic carbocycles. The highest BCUT2D eigenvalue weighted by molar-refractivity contribution is 4.87. The minimum absolute atomic E-state index is 0.248. The lowest BCUT2D eigenvalue weighted by molar-refractivity contribution is -0.104. The first-order chi connectivity index (χ1) is 7.68. The first kappa shape index (κ1) is 12.3. The number of hydrogen-bond acceptors (Lipinski definition) is 4. The summed E-state index contributed by atoms with van der Waals surface area (Å²) in [6.45, 7) is 8.82. The van der Waals surface area contributed by atoms with Gasteiger partial charge in [-0.05, 0) is 19.3 Å². The summed E-state index contributed by atoms with van der Waals surface area (Å²) in [6.07, 6.45) is 1.34. The van der Waals surface area contributed by atoms with Crippen LogP contribution in [0.1, 0.15) is 20.3 Å². The Kier molecular flexibility index (Phi) is 4.19. The molecule has 0 saturated carbocycles. The topological polar surface area (TPSA) is 47.7 Å². The van der Waals surface area contributed by atoms with E-state index in [0.717, 1.165) is 39.3 Å². The summed E-state index contributed by atoms with van der Waals surface area (Å²) in [6, 6.07) is 0.907. The second-order valence-corrected chi connectivity index (χ2v) is 5.11. The lowest BCUT2D eigenvalue weighted by atomic mass is 9.87. The van der Waals surface area contributed by atoms with Crippen LogP contribution in [0, 0.1) is 5.92 Å². The Labute approximate surface area is 98.1 Å². The molecular weight excluding hydrogens is 204 g/mol. The first-order valence-corrected chi connectivity index (χ1v) is 6.37. The van der Waals surface area contributed by atoms with Crippen LogP contribution in [0.25, 0.3) is 0 Å². The molecule has 2 N–H and O–H groups in total. The van der Waals surface area contributed by atoms with E-state index >= 15 is 0 Å². The normalized spacial score (nSPS) is 42.2. The molecule has 0 radical (unpaired) electrons. The summed E-state index contributed by atoms with van der Waals surface area (Å²) in [4.78, 5) is 2.49. The van der Waals surface area contributed by atoms with Gasteiger partial charge in [0.25, 0.3) is 0 Å². The van der Waals surface area contributed by atoms with Crippen LogP contribution in [-0.4, -0.2) is 56.0 Å². The maximum Gasteiger partial charge on any atom is 0.0936 e. The number of nitrogens with two attached hydrogens (primary N) is 1. The molecule has 4 atom stereocenters. The molecule has 94 valence electrons. The summed E-state index contributed by atoms with van der Waals surface area (Å²) < 4.78 is 11.1. The highest BCUT2D eigenvalue weighted by atomic mass is 16.6. The van der Waals surface area contributed by atoms with Crippen LogP contribution in [0.3, 0.4) is 0 Å². The second kappa shape index (κ2) is 5.45. The zero-order valence-electron chi connectivity index (χ0n) is 10.4. The molecule has 0 amide bonds. The van der Waals surface area contributed by atoms with Crippen LogP contribution in [0.2, 0.25) is 0 Å². The maximum atomic E-state index is 6.08. The minimum Gasteiger partial charge on any atom is -0.376 e. The van der Waals surface area contributed by atoms with E-state index in [1.807, 2.05) is 0 Å². The number of hydrogen-bond donors (Lipinski definition) is 1. The molecule has 2 aliphatic heterocycles. The van der Waals surface area contributed by atoms with Crippen LogP contribution >= 0.6 is 0 Å². The summed E-state index contributed by atoms with van der Waals surface area (Å²) in [5, 5.41) is 0. The van der Waals surface area contributed by atoms with Crippen molar-refractivity contribution < 1.29 is 9.47 Å². The van der Waals surface area contributed by atoms with E-state index in [4.69, 9.17) is 15.2 Å². The van der Waals surface area contributed by atoms with Crippen LogP contribution in [0.15, 0.2) is 0 Å². The van der Waals surface area contributed by atoms with E-state index in [2.05, 4.69) is 18.7 Å². The van der Waals surface area contributed by atoms with Gasteiger partial charge in [0, 0.05) is 25.2 Å². The van der Waals surface area contributed by atoms with E-state index in [9.17, 15) is 0 Å². The van der Waals surface area contributed by atoms with Gasteiger partial charge in [-0.2, -0.15) is 0 Å². The molecule has 0 spiro atoms. The molecule has 4 heteroatoms. The van der Waals surface area contributed by atoms with Crippen LogP contribution in [0.4, 0.5) is 0 Å². The van der Waals surface area contributed by atoms with E-state index in [-0.39, 0.29) is 6.10 Å². The van der Waals surface area contributed by atoms with Crippen molar-refractivity contribution >= 4 is 0 Å². The maximum absolute atomic E-state index is 6.08. The lowest BCUT2D eigenvalue weighted by Crippen LogP contribution is -2.54. The van der Waals surface area contributed by atoms with Gasteiger partial charge in [0.05, 0.1) is 25.9 Å². The molecule has 2 fully saturated rings. The highest BCUT2D eigenvalue weighted by Gasteiger charge is 2.31. The van der Waals surface area contributed by atoms with Gasteiger partial charge in [-0.15, -0.1) is 0 Å². The third-order valence-electron chi connectivity index (χ3n) is 4.08. The van der Waals surface area contributed by atoms with Crippen molar-refractivity contribution in [1.29, 1.82) is 0 Å². The molecule has 4 nitrogen and oxygen atoms in total. The molecule has 16 heavy (non-hydrogen) atoms. The van der Waals surface area contributed by atoms with Gasteiger partial charge < -0.3 is 15.2 Å². The van der Waals surface area contributed by atoms with Crippen LogP contribution in [-0.2, 0) is 9.47 Å². The van der Waals surface area contributed by atoms with Crippen LogP contribution in [0.5, 0.6) is 0 Å². The van der Waals surface area contributed by atoms with Crippen molar-refractivity contribution in [2.75, 3.05) is 32.9 Å². The number of likely N-dealkylation sites (tertiary alicyclic amines) is 1. The zero-order chi connectivity index (χ0) is 11.5. The third-order valence-corrected chi connectivity index (χ3v) is 4.08. The molecular formula is C12H24N2O2. The Bertz CT molecular complexity index is 219. The Morgan fingerprint density at radius 3 is 2.81 bits per heavy atom. The molecule has 2 saturated heterocycles. The summed E-state index contributed by atoms with van der Waals surface area (Å²) in [7, 11) is 0. The Morgan fingerprint density at radius 1 is 1.31 bits per heavy atom. The molecule has 2 rings (SSSR count). The van der Waals surface area contributed by atoms with Gasteiger partial charge in [0.15, 0.2) is 0 Å². The fraction of sp³-hybridized carbons (Fsp3) is 1.00. The van der Waals surface area contributed by atoms with Crippen molar-refractivity contribution in [2.24, 2.45) is 11.7 Å². The lowest BCUT2D eigenvalue weighted by Gasteiger charge is -2.43. The van der Waals surface area contributed by atoms with Gasteiger partial charge in [-0.3, -0.25) is 4.90 Å². The highest BCUT2D eigenvalue weighted by Crippen LogP contribution is 2.22. The van der Waals surface area contributed by atoms with Crippen molar-refractivity contribution in [1.82, 2.24) is 4.90 Å². The summed E-state index contributed by atoms with van der Waals surface area (Å²) in [5.74, 6) is 0.568. The van der Waals surface area contributed by atoms with Gasteiger partial charge >= 0.3 is 0 Å². The fourth-order valence-corrected chi connectivity index (χ4v) is 2.63. The zero-order valence-corrected chi connectivity index (χ0v) is 10.4. The molecule has 2 aliphatic rings. The van der Waals surface area contributed by atoms with Gasteiger partial charge in [-0.25, -0.2) is 0 Å². The van der Waals surface area contributed by atoms with Crippen molar-refractivity contribution in [3.63, 3.8) is 0 Å². The van der Waals surface area contributed by atoms with Gasteiger partial charge in [0.2, 0.25) is 0 Å². The van der Waals surface area contributed by atoms with Crippen molar-refractivity contribution in [3.05, 3.63) is 0 Å². The Morgan fingerprint density at radius 2 is 2.12 bits per heavy atom. The summed E-state index contributed by atoms with van der Waals surface area (Å²) in [5.41, 5.74) is 6.08. The van der Waals surface area contributed by atoms with Crippen LogP contribution < -0.4 is 5.73 Å².